The van der Waals surface area contributed by atoms with Crippen molar-refractivity contribution in [2.24, 2.45) is 11.5 Å². The number of aromatic nitrogens is 1. The first kappa shape index (κ1) is 14.9. The number of hydrogen-bond donors (Lipinski definition) is 2. The second-order valence-electron chi connectivity index (χ2n) is 4.30. The van der Waals surface area contributed by atoms with Gasteiger partial charge < -0.3 is 16.2 Å². The van der Waals surface area contributed by atoms with Gasteiger partial charge in [-0.05, 0) is 12.1 Å². The highest BCUT2D eigenvalue weighted by molar-refractivity contribution is 7.89. The van der Waals surface area contributed by atoms with Gasteiger partial charge in [0, 0.05) is 19.3 Å². The van der Waals surface area contributed by atoms with E-state index in [1.165, 1.54) is 18.3 Å². The van der Waals surface area contributed by atoms with Crippen LogP contribution in [0.2, 0.25) is 0 Å². The van der Waals surface area contributed by atoms with E-state index in [0.29, 0.717) is 5.69 Å². The number of hydrogen-bond acceptors (Lipinski definition) is 6. The van der Waals surface area contributed by atoms with E-state index >= 15 is 0 Å². The molecule has 4 N–H and O–H groups in total. The third-order valence-corrected chi connectivity index (χ3v) is 4.91. The molecule has 2 rings (SSSR count). The van der Waals surface area contributed by atoms with E-state index in [1.54, 1.807) is 0 Å². The highest BCUT2D eigenvalue weighted by Crippen LogP contribution is 2.20. The summed E-state index contributed by atoms with van der Waals surface area (Å²) >= 11 is 0. The van der Waals surface area contributed by atoms with Gasteiger partial charge in [0.2, 0.25) is 15.9 Å². The number of ether oxygens (including phenoxy) is 1. The van der Waals surface area contributed by atoms with Crippen molar-refractivity contribution >= 4 is 15.9 Å². The Balaban J connectivity index is 2.34. The average molecular weight is 300 g/mol. The first-order valence-corrected chi connectivity index (χ1v) is 7.44. The molecule has 0 bridgehead atoms. The average Bonchev–Trinajstić information content (AvgIpc) is 2.47. The summed E-state index contributed by atoms with van der Waals surface area (Å²) in [5, 5.41) is 0. The number of nitrogens with zero attached hydrogens (tertiary/aromatic N) is 2. The second-order valence-corrected chi connectivity index (χ2v) is 6.19. The topological polar surface area (TPSA) is 129 Å². The van der Waals surface area contributed by atoms with Crippen molar-refractivity contribution in [1.29, 1.82) is 0 Å². The van der Waals surface area contributed by atoms with Crippen LogP contribution in [-0.4, -0.2) is 49.4 Å². The SMILES string of the molecule is NCc1ccc(S(=O)(=O)N2CCOCC2C(N)=O)cn1. The minimum Gasteiger partial charge on any atom is -0.378 e. The molecule has 1 atom stereocenters. The number of pyridine rings is 1. The van der Waals surface area contributed by atoms with E-state index in [4.69, 9.17) is 16.2 Å². The van der Waals surface area contributed by atoms with Crippen molar-refractivity contribution in [2.75, 3.05) is 19.8 Å². The fourth-order valence-electron chi connectivity index (χ4n) is 1.92. The second kappa shape index (κ2) is 5.83. The first-order chi connectivity index (χ1) is 9.46. The Morgan fingerprint density at radius 3 is 2.80 bits per heavy atom. The van der Waals surface area contributed by atoms with Crippen LogP contribution in [0.5, 0.6) is 0 Å². The lowest BCUT2D eigenvalue weighted by Gasteiger charge is -2.32. The lowest BCUT2D eigenvalue weighted by molar-refractivity contribution is -0.125. The van der Waals surface area contributed by atoms with E-state index in [9.17, 15) is 13.2 Å². The van der Waals surface area contributed by atoms with Crippen LogP contribution in [0.15, 0.2) is 23.2 Å². The molecule has 1 aliphatic rings. The molecule has 1 unspecified atom stereocenters. The van der Waals surface area contributed by atoms with Crippen LogP contribution >= 0.6 is 0 Å². The zero-order valence-electron chi connectivity index (χ0n) is 10.7. The summed E-state index contributed by atoms with van der Waals surface area (Å²) in [6, 6.07) is 1.95. The smallest absolute Gasteiger partial charge is 0.245 e. The van der Waals surface area contributed by atoms with Crippen LogP contribution in [0, 0.1) is 0 Å². The summed E-state index contributed by atoms with van der Waals surface area (Å²) in [4.78, 5) is 15.3. The highest BCUT2D eigenvalue weighted by atomic mass is 32.2. The molecule has 0 radical (unpaired) electrons. The zero-order valence-corrected chi connectivity index (χ0v) is 11.5. The van der Waals surface area contributed by atoms with Crippen molar-refractivity contribution in [3.8, 4) is 0 Å². The molecular weight excluding hydrogens is 284 g/mol. The maximum Gasteiger partial charge on any atom is 0.245 e. The number of amides is 1. The number of sulfonamides is 1. The molecule has 0 aromatic carbocycles. The van der Waals surface area contributed by atoms with Gasteiger partial charge in [0.25, 0.3) is 0 Å². The van der Waals surface area contributed by atoms with Gasteiger partial charge in [0.15, 0.2) is 0 Å². The van der Waals surface area contributed by atoms with Crippen LogP contribution < -0.4 is 11.5 Å². The van der Waals surface area contributed by atoms with E-state index in [2.05, 4.69) is 4.98 Å². The fraction of sp³-hybridized carbons (Fsp3) is 0.455. The van der Waals surface area contributed by atoms with E-state index in [0.717, 1.165) is 4.31 Å². The molecule has 0 spiro atoms. The molecule has 1 saturated heterocycles. The van der Waals surface area contributed by atoms with Crippen molar-refractivity contribution in [3.05, 3.63) is 24.0 Å². The number of carbonyl (C=O) groups excluding carboxylic acids is 1. The maximum atomic E-state index is 12.5. The van der Waals surface area contributed by atoms with Gasteiger partial charge in [-0.2, -0.15) is 4.31 Å². The molecule has 9 heteroatoms. The molecular formula is C11H16N4O4S. The molecule has 20 heavy (non-hydrogen) atoms. The Morgan fingerprint density at radius 1 is 1.50 bits per heavy atom. The van der Waals surface area contributed by atoms with Crippen LogP contribution in [0.25, 0.3) is 0 Å². The molecule has 0 aliphatic carbocycles. The van der Waals surface area contributed by atoms with Gasteiger partial charge in [-0.15, -0.1) is 0 Å². The Bertz CT molecular complexity index is 587. The van der Waals surface area contributed by atoms with Crippen molar-refractivity contribution in [2.45, 2.75) is 17.5 Å². The predicted molar refractivity (Wildman–Crippen MR) is 69.8 cm³/mol. The molecule has 1 fully saturated rings. The first-order valence-electron chi connectivity index (χ1n) is 6.00. The molecule has 8 nitrogen and oxygen atoms in total. The van der Waals surface area contributed by atoms with Gasteiger partial charge in [0.1, 0.15) is 10.9 Å². The van der Waals surface area contributed by atoms with Crippen molar-refractivity contribution in [3.63, 3.8) is 0 Å². The fourth-order valence-corrected chi connectivity index (χ4v) is 3.43. The van der Waals surface area contributed by atoms with Crippen LogP contribution in [-0.2, 0) is 26.1 Å². The van der Waals surface area contributed by atoms with E-state index in [1.807, 2.05) is 0 Å². The monoisotopic (exact) mass is 300 g/mol. The van der Waals surface area contributed by atoms with E-state index < -0.39 is 22.0 Å². The maximum absolute atomic E-state index is 12.5. The normalized spacial score (nSPS) is 20.8. The van der Waals surface area contributed by atoms with Crippen molar-refractivity contribution < 1.29 is 17.9 Å². The minimum absolute atomic E-state index is 0.00264. The summed E-state index contributed by atoms with van der Waals surface area (Å²) in [5.41, 5.74) is 11.2. The van der Waals surface area contributed by atoms with E-state index in [-0.39, 0.29) is 31.2 Å². The molecule has 1 aromatic heterocycles. The quantitative estimate of drug-likeness (QED) is 0.690. The Morgan fingerprint density at radius 2 is 2.25 bits per heavy atom. The number of primary amides is 1. The molecule has 1 aromatic rings. The highest BCUT2D eigenvalue weighted by Gasteiger charge is 2.37. The predicted octanol–water partition coefficient (Wildman–Crippen LogP) is -1.58. The summed E-state index contributed by atoms with van der Waals surface area (Å²) in [7, 11) is -3.83. The van der Waals surface area contributed by atoms with Gasteiger partial charge in [-0.3, -0.25) is 9.78 Å². The largest absolute Gasteiger partial charge is 0.378 e. The minimum atomic E-state index is -3.83. The molecule has 110 valence electrons. The summed E-state index contributed by atoms with van der Waals surface area (Å²) < 4.78 is 31.1. The summed E-state index contributed by atoms with van der Waals surface area (Å²) in [6.45, 7) is 0.483. The number of nitrogens with two attached hydrogens (primary N) is 2. The third kappa shape index (κ3) is 2.80. The lowest BCUT2D eigenvalue weighted by Crippen LogP contribution is -2.54. The molecule has 1 aliphatic heterocycles. The Kier molecular flexibility index (Phi) is 4.33. The third-order valence-electron chi connectivity index (χ3n) is 3.02. The van der Waals surface area contributed by atoms with Gasteiger partial charge >= 0.3 is 0 Å². The lowest BCUT2D eigenvalue weighted by atomic mass is 10.3. The summed E-state index contributed by atoms with van der Waals surface area (Å²) in [5.74, 6) is -0.736. The van der Waals surface area contributed by atoms with Gasteiger partial charge in [-0.1, -0.05) is 0 Å². The Hall–Kier alpha value is -1.55. The summed E-state index contributed by atoms with van der Waals surface area (Å²) in [6.07, 6.45) is 1.23. The van der Waals surface area contributed by atoms with Crippen LogP contribution in [0.1, 0.15) is 5.69 Å². The molecule has 0 saturated carbocycles. The van der Waals surface area contributed by atoms with Gasteiger partial charge in [0.05, 0.1) is 18.9 Å². The van der Waals surface area contributed by atoms with Crippen molar-refractivity contribution in [1.82, 2.24) is 9.29 Å². The molecule has 2 heterocycles. The van der Waals surface area contributed by atoms with Crippen LogP contribution in [0.4, 0.5) is 0 Å². The number of carbonyl (C=O) groups is 1. The standard InChI is InChI=1S/C11H16N4O4S/c12-5-8-1-2-9(6-14-8)20(17,18)15-3-4-19-7-10(15)11(13)16/h1-2,6,10H,3-5,7,12H2,(H2,13,16). The number of rotatable bonds is 4. The number of morpholine rings is 1. The van der Waals surface area contributed by atoms with Crippen LogP contribution in [0.3, 0.4) is 0 Å². The molecule has 1 amide bonds. The van der Waals surface area contributed by atoms with Gasteiger partial charge in [-0.25, -0.2) is 8.42 Å². The zero-order chi connectivity index (χ0) is 14.8. The Labute approximate surface area is 116 Å².